The van der Waals surface area contributed by atoms with Crippen LogP contribution in [0.5, 0.6) is 17.2 Å². The summed E-state index contributed by atoms with van der Waals surface area (Å²) in [6, 6.07) is 34.2. The van der Waals surface area contributed by atoms with Crippen LogP contribution in [0.4, 0.5) is 0 Å². The molecule has 0 saturated heterocycles. The minimum Gasteiger partial charge on any atom is -0.507 e. The number of phenols is 3. The molecule has 0 aliphatic heterocycles. The van der Waals surface area contributed by atoms with Gasteiger partial charge in [0.2, 0.25) is 0 Å². The van der Waals surface area contributed by atoms with Crippen LogP contribution in [-0.4, -0.2) is 15.3 Å². The van der Waals surface area contributed by atoms with Gasteiger partial charge in [-0.2, -0.15) is 0 Å². The molecule has 0 aliphatic carbocycles. The molecule has 0 heterocycles. The smallest absolute Gasteiger partial charge is 0.127 e. The van der Waals surface area contributed by atoms with Gasteiger partial charge in [-0.05, 0) is 69.2 Å². The van der Waals surface area contributed by atoms with E-state index in [0.29, 0.717) is 24.3 Å². The lowest BCUT2D eigenvalue weighted by Crippen LogP contribution is -2.21. The van der Waals surface area contributed by atoms with Crippen molar-refractivity contribution in [3.63, 3.8) is 0 Å². The van der Waals surface area contributed by atoms with Gasteiger partial charge in [0.05, 0.1) is 0 Å². The minimum atomic E-state index is -0.345. The highest BCUT2D eigenvalue weighted by molar-refractivity contribution is 5.91. The quantitative estimate of drug-likeness (QED) is 0.197. The molecule has 6 rings (SSSR count). The summed E-state index contributed by atoms with van der Waals surface area (Å²) in [6.45, 7) is 8.61. The Morgan fingerprint density at radius 2 is 0.927 bits per heavy atom. The van der Waals surface area contributed by atoms with Gasteiger partial charge in [-0.3, -0.25) is 0 Å². The number of hydrogen-bond acceptors (Lipinski definition) is 3. The van der Waals surface area contributed by atoms with Gasteiger partial charge in [-0.1, -0.05) is 113 Å². The zero-order chi connectivity index (χ0) is 28.9. The van der Waals surface area contributed by atoms with Gasteiger partial charge >= 0.3 is 0 Å². The fourth-order valence-electron chi connectivity index (χ4n) is 6.43. The maximum absolute atomic E-state index is 11.6. The van der Waals surface area contributed by atoms with Gasteiger partial charge in [-0.25, -0.2) is 0 Å². The normalized spacial score (nSPS) is 12.4. The van der Waals surface area contributed by atoms with Gasteiger partial charge in [0, 0.05) is 27.3 Å². The lowest BCUT2D eigenvalue weighted by molar-refractivity contribution is 0.436. The van der Waals surface area contributed by atoms with Crippen molar-refractivity contribution in [1.82, 2.24) is 0 Å². The summed E-state index contributed by atoms with van der Waals surface area (Å²) >= 11 is 0. The molecule has 6 aromatic carbocycles. The molecule has 0 spiro atoms. The first kappa shape index (κ1) is 26.7. The van der Waals surface area contributed by atoms with Crippen molar-refractivity contribution in [3.8, 4) is 17.2 Å². The minimum absolute atomic E-state index is 0.281. The molecule has 0 amide bonds. The second-order valence-electron chi connectivity index (χ2n) is 12.7. The molecule has 6 aromatic rings. The highest BCUT2D eigenvalue weighted by Crippen LogP contribution is 2.42. The van der Waals surface area contributed by atoms with Crippen LogP contribution in [0.15, 0.2) is 103 Å². The number of hydrogen-bond donors (Lipinski definition) is 3. The van der Waals surface area contributed by atoms with Crippen molar-refractivity contribution in [2.24, 2.45) is 0 Å². The van der Waals surface area contributed by atoms with Crippen molar-refractivity contribution < 1.29 is 15.3 Å². The van der Waals surface area contributed by atoms with E-state index in [1.807, 2.05) is 60.7 Å². The fraction of sp³-hybridized carbons (Fsp3) is 0.211. The van der Waals surface area contributed by atoms with Gasteiger partial charge in [-0.15, -0.1) is 0 Å². The topological polar surface area (TPSA) is 60.7 Å². The molecule has 206 valence electrons. The van der Waals surface area contributed by atoms with Crippen LogP contribution in [0.2, 0.25) is 0 Å². The van der Waals surface area contributed by atoms with Crippen LogP contribution in [0.1, 0.15) is 49.9 Å². The Hall–Kier alpha value is -4.50. The average Bonchev–Trinajstić information content (AvgIpc) is 2.93. The van der Waals surface area contributed by atoms with Crippen molar-refractivity contribution in [3.05, 3.63) is 125 Å². The van der Waals surface area contributed by atoms with Crippen molar-refractivity contribution in [2.45, 2.75) is 51.4 Å². The Kier molecular flexibility index (Phi) is 6.42. The highest BCUT2D eigenvalue weighted by Gasteiger charge is 2.28. The SMILES string of the molecule is CC(C)(Cc1ccc2ccc(C(C)(C)Cc3ccc4cccc(O)c4c3)c(O)c2c1)c1ccc2ccccc2c1O. The van der Waals surface area contributed by atoms with E-state index in [1.54, 1.807) is 6.07 Å². The Balaban J connectivity index is 1.33. The van der Waals surface area contributed by atoms with E-state index >= 15 is 0 Å². The maximum Gasteiger partial charge on any atom is 0.127 e. The molecule has 3 nitrogen and oxygen atoms in total. The number of phenolic OH excluding ortho intramolecular Hbond substituents is 3. The third-order valence-corrected chi connectivity index (χ3v) is 8.63. The number of rotatable bonds is 6. The summed E-state index contributed by atoms with van der Waals surface area (Å²) < 4.78 is 0. The van der Waals surface area contributed by atoms with E-state index in [0.717, 1.165) is 54.6 Å². The third kappa shape index (κ3) is 4.86. The number of aromatic hydroxyl groups is 3. The van der Waals surface area contributed by atoms with Gasteiger partial charge < -0.3 is 15.3 Å². The van der Waals surface area contributed by atoms with Crippen LogP contribution in [0, 0.1) is 0 Å². The Morgan fingerprint density at radius 3 is 1.56 bits per heavy atom. The van der Waals surface area contributed by atoms with E-state index in [2.05, 4.69) is 64.1 Å². The zero-order valence-electron chi connectivity index (χ0n) is 24.1. The molecule has 0 bridgehead atoms. The lowest BCUT2D eigenvalue weighted by Gasteiger charge is -2.28. The monoisotopic (exact) mass is 540 g/mol. The predicted octanol–water partition coefficient (Wildman–Crippen LogP) is 9.30. The zero-order valence-corrected chi connectivity index (χ0v) is 24.1. The third-order valence-electron chi connectivity index (χ3n) is 8.63. The van der Waals surface area contributed by atoms with E-state index in [1.165, 1.54) is 0 Å². The first-order chi connectivity index (χ1) is 19.5. The molecular formula is C38H36O3. The molecule has 0 fully saturated rings. The molecule has 3 N–H and O–H groups in total. The van der Waals surface area contributed by atoms with Gasteiger partial charge in [0.25, 0.3) is 0 Å². The Bertz CT molecular complexity index is 1930. The van der Waals surface area contributed by atoms with Crippen molar-refractivity contribution in [2.75, 3.05) is 0 Å². The number of fused-ring (bicyclic) bond motifs is 3. The lowest BCUT2D eigenvalue weighted by atomic mass is 9.76. The molecule has 0 saturated carbocycles. The standard InChI is InChI=1S/C38H36O3/c1-37(2,32-18-16-26-8-5-6-10-29(26)35(32)40)23-25-13-15-28-17-19-33(36(41)31(28)21-25)38(3,4)22-24-12-14-27-9-7-11-34(39)30(27)20-24/h5-21,39-41H,22-23H2,1-4H3. The molecule has 0 aromatic heterocycles. The van der Waals surface area contributed by atoms with E-state index in [-0.39, 0.29) is 16.6 Å². The van der Waals surface area contributed by atoms with Crippen LogP contribution >= 0.6 is 0 Å². The Morgan fingerprint density at radius 1 is 0.463 bits per heavy atom. The highest BCUT2D eigenvalue weighted by atomic mass is 16.3. The molecule has 0 unspecified atom stereocenters. The molecule has 0 atom stereocenters. The molecule has 3 heteroatoms. The van der Waals surface area contributed by atoms with Crippen molar-refractivity contribution >= 4 is 32.3 Å². The van der Waals surface area contributed by atoms with E-state index in [9.17, 15) is 15.3 Å². The second kappa shape index (κ2) is 9.85. The first-order valence-corrected chi connectivity index (χ1v) is 14.2. The predicted molar refractivity (Wildman–Crippen MR) is 170 cm³/mol. The number of benzene rings is 6. The molecule has 0 aliphatic rings. The van der Waals surface area contributed by atoms with Gasteiger partial charge in [0.15, 0.2) is 0 Å². The summed E-state index contributed by atoms with van der Waals surface area (Å²) in [4.78, 5) is 0. The summed E-state index contributed by atoms with van der Waals surface area (Å²) in [5.41, 5.74) is 3.35. The van der Waals surface area contributed by atoms with Crippen molar-refractivity contribution in [1.29, 1.82) is 0 Å². The first-order valence-electron chi connectivity index (χ1n) is 14.2. The average molecular weight is 541 g/mol. The van der Waals surface area contributed by atoms with Crippen LogP contribution < -0.4 is 0 Å². The summed E-state index contributed by atoms with van der Waals surface area (Å²) in [7, 11) is 0. The molecule has 41 heavy (non-hydrogen) atoms. The van der Waals surface area contributed by atoms with Crippen LogP contribution in [0.3, 0.4) is 0 Å². The second-order valence-corrected chi connectivity index (χ2v) is 12.7. The fourth-order valence-corrected chi connectivity index (χ4v) is 6.43. The molecular weight excluding hydrogens is 504 g/mol. The van der Waals surface area contributed by atoms with Gasteiger partial charge in [0.1, 0.15) is 17.2 Å². The largest absolute Gasteiger partial charge is 0.507 e. The summed E-state index contributed by atoms with van der Waals surface area (Å²) in [5, 5.41) is 38.7. The Labute approximate surface area is 241 Å². The van der Waals surface area contributed by atoms with E-state index in [4.69, 9.17) is 0 Å². The maximum atomic E-state index is 11.6. The van der Waals surface area contributed by atoms with Crippen LogP contribution in [0.25, 0.3) is 32.3 Å². The van der Waals surface area contributed by atoms with E-state index < -0.39 is 0 Å². The summed E-state index contributed by atoms with van der Waals surface area (Å²) in [6.07, 6.45) is 1.42. The molecule has 0 radical (unpaired) electrons. The van der Waals surface area contributed by atoms with Crippen LogP contribution in [-0.2, 0) is 23.7 Å². The summed E-state index contributed by atoms with van der Waals surface area (Å²) in [5.74, 6) is 0.926.